The van der Waals surface area contributed by atoms with Gasteiger partial charge in [0.15, 0.2) is 5.69 Å². The Morgan fingerprint density at radius 2 is 1.70 bits per heavy atom. The van der Waals surface area contributed by atoms with Gasteiger partial charge < -0.3 is 10.4 Å². The molecule has 0 amide bonds. The number of hydrogen-bond acceptors (Lipinski definition) is 6. The summed E-state index contributed by atoms with van der Waals surface area (Å²) in [4.78, 5) is 30.3. The zero-order valence-corrected chi connectivity index (χ0v) is 11.5. The quantitative estimate of drug-likeness (QED) is 0.601. The van der Waals surface area contributed by atoms with E-state index < -0.39 is 50.7 Å². The number of halogens is 3. The molecule has 126 valence electrons. The smallest absolute Gasteiger partial charge is 0.416 e. The lowest BCUT2D eigenvalue weighted by Crippen LogP contribution is -2.29. The third-order valence-corrected chi connectivity index (χ3v) is 2.84. The Labute approximate surface area is 126 Å². The van der Waals surface area contributed by atoms with E-state index in [1.165, 1.54) is 6.92 Å². The Hall–Kier alpha value is -2.92. The van der Waals surface area contributed by atoms with Crippen molar-refractivity contribution in [2.24, 2.45) is 0 Å². The van der Waals surface area contributed by atoms with Crippen LogP contribution < -0.4 is 5.32 Å². The highest BCUT2D eigenvalue weighted by atomic mass is 19.4. The molecule has 0 saturated carbocycles. The molecule has 1 aromatic rings. The molecule has 12 heteroatoms. The van der Waals surface area contributed by atoms with Gasteiger partial charge in [-0.15, -0.1) is 0 Å². The number of hydrogen-bond donors (Lipinski definition) is 2. The van der Waals surface area contributed by atoms with Gasteiger partial charge >= 0.3 is 12.1 Å². The predicted molar refractivity (Wildman–Crippen MR) is 70.1 cm³/mol. The van der Waals surface area contributed by atoms with Gasteiger partial charge in [0, 0.05) is 12.1 Å². The fraction of sp³-hybridized carbons (Fsp3) is 0.364. The number of nitro groups is 2. The lowest BCUT2D eigenvalue weighted by atomic mass is 10.1. The summed E-state index contributed by atoms with van der Waals surface area (Å²) in [7, 11) is 0. The van der Waals surface area contributed by atoms with Gasteiger partial charge in [-0.2, -0.15) is 13.2 Å². The van der Waals surface area contributed by atoms with E-state index in [9.17, 15) is 38.2 Å². The van der Waals surface area contributed by atoms with Crippen molar-refractivity contribution >= 4 is 23.0 Å². The Morgan fingerprint density at radius 3 is 1.96 bits per heavy atom. The summed E-state index contributed by atoms with van der Waals surface area (Å²) in [5.41, 5.74) is -4.93. The van der Waals surface area contributed by atoms with Crippen molar-refractivity contribution in [2.45, 2.75) is 25.6 Å². The number of carboxylic acids is 1. The molecule has 23 heavy (non-hydrogen) atoms. The van der Waals surface area contributed by atoms with E-state index >= 15 is 0 Å². The number of nitrogens with one attached hydrogen (secondary N) is 1. The molecule has 1 rings (SSSR count). The van der Waals surface area contributed by atoms with Gasteiger partial charge in [0.05, 0.1) is 15.4 Å². The first-order valence-electron chi connectivity index (χ1n) is 6.02. The molecular formula is C11H10F3N3O6. The molecule has 0 unspecified atom stereocenters. The van der Waals surface area contributed by atoms with Gasteiger partial charge in [-0.3, -0.25) is 20.2 Å². The summed E-state index contributed by atoms with van der Waals surface area (Å²) in [5.74, 6) is -1.46. The topological polar surface area (TPSA) is 136 Å². The molecule has 2 N–H and O–H groups in total. The maximum atomic E-state index is 12.7. The van der Waals surface area contributed by atoms with Crippen LogP contribution in [0.15, 0.2) is 12.1 Å². The van der Waals surface area contributed by atoms with Crippen molar-refractivity contribution in [3.63, 3.8) is 0 Å². The van der Waals surface area contributed by atoms with Gasteiger partial charge in [-0.05, 0) is 6.42 Å². The van der Waals surface area contributed by atoms with E-state index in [1.807, 2.05) is 0 Å². The highest BCUT2D eigenvalue weighted by molar-refractivity contribution is 5.82. The minimum atomic E-state index is -5.04. The number of nitrogens with zero attached hydrogens (tertiary/aromatic N) is 2. The maximum absolute atomic E-state index is 12.7. The largest absolute Gasteiger partial charge is 0.480 e. The van der Waals surface area contributed by atoms with Crippen LogP contribution in [-0.2, 0) is 11.0 Å². The van der Waals surface area contributed by atoms with E-state index in [0.717, 1.165) is 0 Å². The van der Waals surface area contributed by atoms with Crippen molar-refractivity contribution in [3.8, 4) is 0 Å². The molecule has 0 radical (unpaired) electrons. The van der Waals surface area contributed by atoms with Crippen LogP contribution in [0.1, 0.15) is 18.9 Å². The maximum Gasteiger partial charge on any atom is 0.416 e. The first-order chi connectivity index (χ1) is 10.5. The van der Waals surface area contributed by atoms with Gasteiger partial charge in [-0.1, -0.05) is 6.92 Å². The van der Waals surface area contributed by atoms with E-state index in [1.54, 1.807) is 0 Å². The number of alkyl halides is 3. The molecule has 9 nitrogen and oxygen atoms in total. The lowest BCUT2D eigenvalue weighted by Gasteiger charge is -2.15. The average molecular weight is 337 g/mol. The molecule has 0 aromatic heterocycles. The first-order valence-corrected chi connectivity index (χ1v) is 6.02. The van der Waals surface area contributed by atoms with Crippen LogP contribution in [0.5, 0.6) is 0 Å². The molecule has 0 saturated heterocycles. The zero-order valence-electron chi connectivity index (χ0n) is 11.5. The molecule has 0 aliphatic heterocycles. The monoisotopic (exact) mass is 337 g/mol. The molecule has 1 aromatic carbocycles. The minimum absolute atomic E-state index is 0.106. The van der Waals surface area contributed by atoms with Crippen molar-refractivity contribution < 1.29 is 32.9 Å². The van der Waals surface area contributed by atoms with Gasteiger partial charge in [0.1, 0.15) is 6.04 Å². The summed E-state index contributed by atoms with van der Waals surface area (Å²) >= 11 is 0. The van der Waals surface area contributed by atoms with E-state index in [2.05, 4.69) is 5.32 Å². The molecule has 1 atom stereocenters. The summed E-state index contributed by atoms with van der Waals surface area (Å²) in [6.45, 7) is 1.38. The van der Waals surface area contributed by atoms with Crippen molar-refractivity contribution in [2.75, 3.05) is 5.32 Å². The van der Waals surface area contributed by atoms with Crippen LogP contribution in [0, 0.1) is 20.2 Å². The summed E-state index contributed by atoms with van der Waals surface area (Å²) in [6, 6.07) is -1.21. The average Bonchev–Trinajstić information content (AvgIpc) is 2.42. The van der Waals surface area contributed by atoms with E-state index in [4.69, 9.17) is 5.11 Å². The molecular weight excluding hydrogens is 327 g/mol. The molecule has 0 heterocycles. The second-order valence-electron chi connectivity index (χ2n) is 4.34. The van der Waals surface area contributed by atoms with Crippen LogP contribution in [0.4, 0.5) is 30.2 Å². The highest BCUT2D eigenvalue weighted by Crippen LogP contribution is 2.41. The van der Waals surface area contributed by atoms with Crippen LogP contribution >= 0.6 is 0 Å². The van der Waals surface area contributed by atoms with Crippen LogP contribution in [0.25, 0.3) is 0 Å². The minimum Gasteiger partial charge on any atom is -0.480 e. The summed E-state index contributed by atoms with van der Waals surface area (Å²) in [6.07, 6.45) is -5.14. The number of rotatable bonds is 6. The van der Waals surface area contributed by atoms with Crippen molar-refractivity contribution in [1.82, 2.24) is 0 Å². The normalized spacial score (nSPS) is 12.5. The number of carboxylic acid groups (broad SMARTS) is 1. The third kappa shape index (κ3) is 4.05. The van der Waals surface area contributed by atoms with Gasteiger partial charge in [-0.25, -0.2) is 4.79 Å². The second kappa shape index (κ2) is 6.46. The fourth-order valence-corrected chi connectivity index (χ4v) is 1.72. The molecule has 0 bridgehead atoms. The molecule has 0 aliphatic rings. The highest BCUT2D eigenvalue weighted by Gasteiger charge is 2.38. The van der Waals surface area contributed by atoms with E-state index in [-0.39, 0.29) is 18.6 Å². The fourth-order valence-electron chi connectivity index (χ4n) is 1.72. The van der Waals surface area contributed by atoms with Crippen LogP contribution in [0.3, 0.4) is 0 Å². The number of nitro benzene ring substituents is 2. The van der Waals surface area contributed by atoms with Crippen LogP contribution in [0.2, 0.25) is 0 Å². The van der Waals surface area contributed by atoms with Crippen molar-refractivity contribution in [1.29, 1.82) is 0 Å². The summed E-state index contributed by atoms with van der Waals surface area (Å²) in [5, 5.41) is 32.8. The number of benzene rings is 1. The van der Waals surface area contributed by atoms with Crippen LogP contribution in [-0.4, -0.2) is 27.0 Å². The Morgan fingerprint density at radius 1 is 1.26 bits per heavy atom. The Bertz CT molecular complexity index is 626. The van der Waals surface area contributed by atoms with E-state index in [0.29, 0.717) is 0 Å². The molecule has 0 aliphatic carbocycles. The van der Waals surface area contributed by atoms with Gasteiger partial charge in [0.25, 0.3) is 11.4 Å². The number of carbonyl (C=O) groups is 1. The third-order valence-electron chi connectivity index (χ3n) is 2.84. The number of aliphatic carboxylic acids is 1. The molecule has 0 fully saturated rings. The predicted octanol–water partition coefficient (Wildman–Crippen LogP) is 2.80. The lowest BCUT2D eigenvalue weighted by molar-refractivity contribution is -0.392. The second-order valence-corrected chi connectivity index (χ2v) is 4.34. The zero-order chi connectivity index (χ0) is 17.9. The standard InChI is InChI=1S/C11H10F3N3O6/c1-2-6(10(18)19)15-9-7(16(20)21)3-5(11(12,13)14)4-8(9)17(22)23/h3-4,6,15H,2H2,1H3,(H,18,19)/t6-/m1/s1. The molecule has 0 spiro atoms. The SMILES string of the molecule is CC[C@@H](Nc1c([N+](=O)[O-])cc(C(F)(F)F)cc1[N+](=O)[O-])C(=O)O. The Kier molecular flexibility index (Phi) is 5.09. The number of anilines is 1. The van der Waals surface area contributed by atoms with Gasteiger partial charge in [0.2, 0.25) is 0 Å². The Balaban J connectivity index is 3.62. The first kappa shape index (κ1) is 18.1. The van der Waals surface area contributed by atoms with Crippen molar-refractivity contribution in [3.05, 3.63) is 37.9 Å². The summed E-state index contributed by atoms with van der Waals surface area (Å²) < 4.78 is 38.1.